The maximum Gasteiger partial charge on any atom is 0.405 e. The minimum atomic E-state index is -1.17. The molecular formula is C19H23F2N3O3. The van der Waals surface area contributed by atoms with Gasteiger partial charge in [-0.1, -0.05) is 12.1 Å². The zero-order chi connectivity index (χ0) is 19.8. The zero-order valence-electron chi connectivity index (χ0n) is 15.2. The Hall–Kier alpha value is -2.48. The molecule has 3 N–H and O–H groups in total. The number of halogens is 2. The lowest BCUT2D eigenvalue weighted by atomic mass is 9.92. The first kappa shape index (κ1) is 19.3. The van der Waals surface area contributed by atoms with E-state index in [1.807, 2.05) is 4.57 Å². The van der Waals surface area contributed by atoms with Crippen molar-refractivity contribution in [3.8, 4) is 0 Å². The molecule has 1 aromatic heterocycles. The summed E-state index contributed by atoms with van der Waals surface area (Å²) in [6.45, 7) is 3.67. The summed E-state index contributed by atoms with van der Waals surface area (Å²) in [5, 5.41) is 21.8. The molecule has 2 aromatic rings. The number of nitrogens with zero attached hydrogens (tertiary/aromatic N) is 2. The van der Waals surface area contributed by atoms with Crippen LogP contribution in [0.3, 0.4) is 0 Å². The summed E-state index contributed by atoms with van der Waals surface area (Å²) in [5.41, 5.74) is -0.00319. The van der Waals surface area contributed by atoms with Gasteiger partial charge in [0, 0.05) is 30.8 Å². The molecule has 1 aromatic carbocycles. The van der Waals surface area contributed by atoms with E-state index in [4.69, 9.17) is 5.11 Å². The van der Waals surface area contributed by atoms with E-state index in [-0.39, 0.29) is 11.5 Å². The number of carbonyl (C=O) groups is 1. The van der Waals surface area contributed by atoms with Crippen LogP contribution in [0.1, 0.15) is 55.7 Å². The maximum absolute atomic E-state index is 14.4. The van der Waals surface area contributed by atoms with Gasteiger partial charge in [0.25, 0.3) is 0 Å². The van der Waals surface area contributed by atoms with Gasteiger partial charge >= 0.3 is 6.09 Å². The monoisotopic (exact) mass is 379 g/mol. The summed E-state index contributed by atoms with van der Waals surface area (Å²) < 4.78 is 29.9. The highest BCUT2D eigenvalue weighted by Crippen LogP contribution is 2.35. The van der Waals surface area contributed by atoms with Crippen molar-refractivity contribution in [2.45, 2.75) is 57.2 Å². The molecule has 2 atom stereocenters. The highest BCUT2D eigenvalue weighted by molar-refractivity contribution is 5.65. The smallest absolute Gasteiger partial charge is 0.405 e. The second kappa shape index (κ2) is 7.26. The van der Waals surface area contributed by atoms with Gasteiger partial charge in [-0.25, -0.2) is 18.6 Å². The van der Waals surface area contributed by atoms with Crippen LogP contribution in [0, 0.1) is 11.6 Å². The van der Waals surface area contributed by atoms with Crippen LogP contribution in [0.4, 0.5) is 13.6 Å². The summed E-state index contributed by atoms with van der Waals surface area (Å²) in [6.07, 6.45) is 1.61. The zero-order valence-corrected chi connectivity index (χ0v) is 15.2. The third-order valence-corrected chi connectivity index (χ3v) is 4.82. The highest BCUT2D eigenvalue weighted by Gasteiger charge is 2.31. The Labute approximate surface area is 155 Å². The number of nitrogens with one attached hydrogen (secondary N) is 1. The maximum atomic E-state index is 14.4. The van der Waals surface area contributed by atoms with Crippen LogP contribution < -0.4 is 5.32 Å². The lowest BCUT2D eigenvalue weighted by Crippen LogP contribution is -2.29. The van der Waals surface area contributed by atoms with Gasteiger partial charge in [0.2, 0.25) is 0 Å². The Kier molecular flexibility index (Phi) is 5.19. The van der Waals surface area contributed by atoms with Crippen LogP contribution in [-0.2, 0) is 13.0 Å². The van der Waals surface area contributed by atoms with Crippen molar-refractivity contribution >= 4 is 6.09 Å². The number of carboxylic acid groups (broad SMARTS) is 1. The fourth-order valence-electron chi connectivity index (χ4n) is 3.68. The van der Waals surface area contributed by atoms with Crippen LogP contribution in [0.25, 0.3) is 0 Å². The second-order valence-corrected chi connectivity index (χ2v) is 7.63. The summed E-state index contributed by atoms with van der Waals surface area (Å²) >= 11 is 0. The molecule has 0 radical (unpaired) electrons. The lowest BCUT2D eigenvalue weighted by Gasteiger charge is -2.21. The number of aliphatic hydroxyl groups is 1. The molecule has 1 amide bonds. The van der Waals surface area contributed by atoms with Crippen molar-refractivity contribution in [2.75, 3.05) is 0 Å². The Bertz CT molecular complexity index is 845. The summed E-state index contributed by atoms with van der Waals surface area (Å²) in [7, 11) is 0. The SMILES string of the molecule is CC(C)(O)Cc1cnc2n1C[C@H](c1cccc(F)c1F)CC[C@H]2NC(=O)O. The van der Waals surface area contributed by atoms with Gasteiger partial charge in [0.05, 0.1) is 11.6 Å². The molecule has 1 aliphatic heterocycles. The molecule has 0 saturated carbocycles. The molecule has 0 aliphatic carbocycles. The van der Waals surface area contributed by atoms with Crippen molar-refractivity contribution < 1.29 is 23.8 Å². The van der Waals surface area contributed by atoms with E-state index in [9.17, 15) is 18.7 Å². The van der Waals surface area contributed by atoms with Gasteiger partial charge < -0.3 is 20.1 Å². The largest absolute Gasteiger partial charge is 0.465 e. The molecule has 1 aliphatic rings. The number of hydrogen-bond acceptors (Lipinski definition) is 3. The molecule has 0 bridgehead atoms. The number of hydrogen-bond donors (Lipinski definition) is 3. The molecule has 8 heteroatoms. The Morgan fingerprint density at radius 3 is 2.78 bits per heavy atom. The standard InChI is InChI=1S/C19H23F2N3O3/c1-19(2,27)8-12-9-22-17-15(23-18(25)26)7-6-11(10-24(12)17)13-4-3-5-14(20)16(13)21/h3-5,9,11,15,23,27H,6-8,10H2,1-2H3,(H,25,26)/t11-,15-/m1/s1. The van der Waals surface area contributed by atoms with E-state index >= 15 is 0 Å². The van der Waals surface area contributed by atoms with Crippen LogP contribution in [0.15, 0.2) is 24.4 Å². The fourth-order valence-corrected chi connectivity index (χ4v) is 3.68. The molecule has 3 rings (SSSR count). The normalized spacial score (nSPS) is 20.0. The van der Waals surface area contributed by atoms with Gasteiger partial charge in [0.15, 0.2) is 11.6 Å². The first-order valence-electron chi connectivity index (χ1n) is 8.86. The predicted molar refractivity (Wildman–Crippen MR) is 94.5 cm³/mol. The van der Waals surface area contributed by atoms with Gasteiger partial charge in [-0.2, -0.15) is 0 Å². The minimum absolute atomic E-state index is 0.264. The Morgan fingerprint density at radius 1 is 1.37 bits per heavy atom. The van der Waals surface area contributed by atoms with Crippen molar-refractivity contribution in [2.24, 2.45) is 0 Å². The number of aromatic nitrogens is 2. The van der Waals surface area contributed by atoms with Crippen LogP contribution in [0.2, 0.25) is 0 Å². The molecule has 0 fully saturated rings. The van der Waals surface area contributed by atoms with Gasteiger partial charge in [-0.05, 0) is 38.3 Å². The molecule has 146 valence electrons. The molecule has 0 unspecified atom stereocenters. The fraction of sp³-hybridized carbons (Fsp3) is 0.474. The van der Waals surface area contributed by atoms with E-state index < -0.39 is 29.4 Å². The van der Waals surface area contributed by atoms with E-state index in [0.717, 1.165) is 11.8 Å². The Balaban J connectivity index is 2.02. The molecule has 0 spiro atoms. The summed E-state index contributed by atoms with van der Waals surface area (Å²) in [6, 6.07) is 3.55. The van der Waals surface area contributed by atoms with Gasteiger partial charge in [-0.15, -0.1) is 0 Å². The first-order valence-corrected chi connectivity index (χ1v) is 8.86. The van der Waals surface area contributed by atoms with Crippen molar-refractivity contribution in [3.63, 3.8) is 0 Å². The topological polar surface area (TPSA) is 87.4 Å². The molecular weight excluding hydrogens is 356 g/mol. The molecule has 0 saturated heterocycles. The number of rotatable bonds is 4. The number of amides is 1. The average molecular weight is 379 g/mol. The summed E-state index contributed by atoms with van der Waals surface area (Å²) in [4.78, 5) is 15.5. The average Bonchev–Trinajstić information content (AvgIpc) is 2.83. The first-order chi connectivity index (χ1) is 12.7. The van der Waals surface area contributed by atoms with Crippen LogP contribution in [0.5, 0.6) is 0 Å². The van der Waals surface area contributed by atoms with Crippen LogP contribution >= 0.6 is 0 Å². The van der Waals surface area contributed by atoms with E-state index in [1.165, 1.54) is 6.07 Å². The van der Waals surface area contributed by atoms with E-state index in [0.29, 0.717) is 31.6 Å². The molecule has 27 heavy (non-hydrogen) atoms. The third kappa shape index (κ3) is 4.27. The van der Waals surface area contributed by atoms with Gasteiger partial charge in [-0.3, -0.25) is 0 Å². The second-order valence-electron chi connectivity index (χ2n) is 7.63. The quantitative estimate of drug-likeness (QED) is 0.760. The minimum Gasteiger partial charge on any atom is -0.465 e. The number of imidazole rings is 1. The number of benzene rings is 1. The van der Waals surface area contributed by atoms with Crippen molar-refractivity contribution in [1.29, 1.82) is 0 Å². The Morgan fingerprint density at radius 2 is 2.11 bits per heavy atom. The third-order valence-electron chi connectivity index (χ3n) is 4.82. The highest BCUT2D eigenvalue weighted by atomic mass is 19.2. The predicted octanol–water partition coefficient (Wildman–Crippen LogP) is 3.36. The van der Waals surface area contributed by atoms with Crippen LogP contribution in [-0.4, -0.2) is 31.5 Å². The van der Waals surface area contributed by atoms with Crippen molar-refractivity contribution in [3.05, 3.63) is 53.1 Å². The van der Waals surface area contributed by atoms with Crippen molar-refractivity contribution in [1.82, 2.24) is 14.9 Å². The summed E-state index contributed by atoms with van der Waals surface area (Å²) in [5.74, 6) is -1.59. The van der Waals surface area contributed by atoms with E-state index in [1.54, 1.807) is 26.1 Å². The number of fused-ring (bicyclic) bond motifs is 1. The van der Waals surface area contributed by atoms with Gasteiger partial charge in [0.1, 0.15) is 5.82 Å². The molecule has 6 nitrogen and oxygen atoms in total. The van der Waals surface area contributed by atoms with E-state index in [2.05, 4.69) is 10.3 Å². The molecule has 2 heterocycles. The lowest BCUT2D eigenvalue weighted by molar-refractivity contribution is 0.0788.